The maximum absolute atomic E-state index is 11.9. The molecule has 22 heavy (non-hydrogen) atoms. The Hall–Kier alpha value is -1.28. The minimum atomic E-state index is -4.27. The third-order valence-electron chi connectivity index (χ3n) is 3.41. The van der Waals surface area contributed by atoms with E-state index in [2.05, 4.69) is 3.77 Å². The Morgan fingerprint density at radius 3 is 2.64 bits per heavy atom. The van der Waals surface area contributed by atoms with Crippen LogP contribution in [0.25, 0.3) is 0 Å². The summed E-state index contributed by atoms with van der Waals surface area (Å²) in [5, 5.41) is 0. The Balaban J connectivity index is 2.29. The van der Waals surface area contributed by atoms with Crippen LogP contribution in [0.1, 0.15) is 32.8 Å². The van der Waals surface area contributed by atoms with Crippen molar-refractivity contribution in [3.8, 4) is 11.5 Å². The SMILES string of the molecule is CCS(C)(=O)=NS(=O)(=O)Oc1ccc2c(c1)OC(C)(C)CC2. The molecule has 0 fully saturated rings. The number of ether oxygens (including phenoxy) is 1. The first-order valence-corrected chi connectivity index (χ1v) is 10.5. The van der Waals surface area contributed by atoms with Gasteiger partial charge in [-0.15, -0.1) is 0 Å². The van der Waals surface area contributed by atoms with Gasteiger partial charge in [-0.1, -0.05) is 16.8 Å². The topological polar surface area (TPSA) is 82.0 Å². The lowest BCUT2D eigenvalue weighted by Gasteiger charge is -2.32. The highest BCUT2D eigenvalue weighted by Gasteiger charge is 2.27. The zero-order valence-electron chi connectivity index (χ0n) is 13.2. The van der Waals surface area contributed by atoms with Gasteiger partial charge < -0.3 is 8.92 Å². The van der Waals surface area contributed by atoms with Crippen LogP contribution in [-0.4, -0.2) is 30.2 Å². The minimum Gasteiger partial charge on any atom is -0.487 e. The largest absolute Gasteiger partial charge is 0.487 e. The van der Waals surface area contributed by atoms with Crippen LogP contribution in [0.15, 0.2) is 22.0 Å². The summed E-state index contributed by atoms with van der Waals surface area (Å²) < 4.78 is 49.6. The fourth-order valence-electron chi connectivity index (χ4n) is 2.06. The summed E-state index contributed by atoms with van der Waals surface area (Å²) in [6.45, 7) is 5.56. The number of benzene rings is 1. The highest BCUT2D eigenvalue weighted by molar-refractivity contribution is 8.01. The molecule has 0 radical (unpaired) electrons. The smallest absolute Gasteiger partial charge is 0.436 e. The summed E-state index contributed by atoms with van der Waals surface area (Å²) in [4.78, 5) is 0. The van der Waals surface area contributed by atoms with Crippen LogP contribution < -0.4 is 8.92 Å². The molecule has 0 saturated heterocycles. The lowest BCUT2D eigenvalue weighted by molar-refractivity contribution is 0.0845. The lowest BCUT2D eigenvalue weighted by Crippen LogP contribution is -2.32. The summed E-state index contributed by atoms with van der Waals surface area (Å²) in [5.74, 6) is 0.847. The van der Waals surface area contributed by atoms with E-state index < -0.39 is 20.0 Å². The number of fused-ring (bicyclic) bond motifs is 1. The lowest BCUT2D eigenvalue weighted by atomic mass is 9.94. The second-order valence-corrected chi connectivity index (χ2v) is 10.1. The summed E-state index contributed by atoms with van der Waals surface area (Å²) in [5.41, 5.74) is 0.711. The van der Waals surface area contributed by atoms with Crippen molar-refractivity contribution in [2.75, 3.05) is 12.0 Å². The number of hydrogen-bond donors (Lipinski definition) is 0. The van der Waals surface area contributed by atoms with Crippen molar-refractivity contribution >= 4 is 20.0 Å². The molecule has 1 aliphatic heterocycles. The molecule has 0 amide bonds. The van der Waals surface area contributed by atoms with Gasteiger partial charge in [0.1, 0.15) is 17.1 Å². The predicted molar refractivity (Wildman–Crippen MR) is 86.1 cm³/mol. The van der Waals surface area contributed by atoms with Gasteiger partial charge in [0.15, 0.2) is 0 Å². The average Bonchev–Trinajstić information content (AvgIpc) is 2.35. The van der Waals surface area contributed by atoms with Gasteiger partial charge in [0, 0.05) is 18.1 Å². The second-order valence-electron chi connectivity index (χ2n) is 5.96. The van der Waals surface area contributed by atoms with Gasteiger partial charge in [-0.05, 0) is 38.3 Å². The first kappa shape index (κ1) is 17.1. The van der Waals surface area contributed by atoms with Crippen molar-refractivity contribution in [3.63, 3.8) is 0 Å². The van der Waals surface area contributed by atoms with E-state index in [0.717, 1.165) is 18.4 Å². The van der Waals surface area contributed by atoms with E-state index in [1.54, 1.807) is 19.1 Å². The monoisotopic (exact) mass is 347 g/mol. The Kier molecular flexibility index (Phi) is 4.45. The average molecular weight is 347 g/mol. The van der Waals surface area contributed by atoms with Gasteiger partial charge in [0.25, 0.3) is 0 Å². The molecule has 1 atom stereocenters. The van der Waals surface area contributed by atoms with Crippen molar-refractivity contribution in [2.24, 2.45) is 3.77 Å². The van der Waals surface area contributed by atoms with Crippen molar-refractivity contribution in [3.05, 3.63) is 23.8 Å². The van der Waals surface area contributed by atoms with E-state index in [1.165, 1.54) is 12.3 Å². The number of nitrogens with zero attached hydrogens (tertiary/aromatic N) is 1. The van der Waals surface area contributed by atoms with Gasteiger partial charge in [0.05, 0.1) is 9.73 Å². The highest BCUT2D eigenvalue weighted by atomic mass is 32.3. The molecule has 0 aromatic heterocycles. The first-order chi connectivity index (χ1) is 10.0. The van der Waals surface area contributed by atoms with Crippen LogP contribution in [0.3, 0.4) is 0 Å². The molecule has 1 unspecified atom stereocenters. The third kappa shape index (κ3) is 4.36. The van der Waals surface area contributed by atoms with Crippen molar-refractivity contribution in [1.82, 2.24) is 0 Å². The van der Waals surface area contributed by atoms with E-state index in [0.29, 0.717) is 5.75 Å². The van der Waals surface area contributed by atoms with E-state index in [4.69, 9.17) is 8.92 Å². The van der Waals surface area contributed by atoms with Crippen LogP contribution in [0.2, 0.25) is 0 Å². The number of hydrogen-bond acceptors (Lipinski definition) is 5. The quantitative estimate of drug-likeness (QED) is 0.836. The Labute approximate surface area is 132 Å². The molecular formula is C14H21NO5S2. The summed E-state index contributed by atoms with van der Waals surface area (Å²) >= 11 is 0. The summed E-state index contributed by atoms with van der Waals surface area (Å²) in [6.07, 6.45) is 3.03. The Bertz CT molecular complexity index is 789. The van der Waals surface area contributed by atoms with Crippen LogP contribution in [0.5, 0.6) is 11.5 Å². The van der Waals surface area contributed by atoms with Gasteiger partial charge in [-0.25, -0.2) is 4.21 Å². The molecule has 6 nitrogen and oxygen atoms in total. The van der Waals surface area contributed by atoms with Gasteiger partial charge in [-0.3, -0.25) is 0 Å². The number of aryl methyl sites for hydroxylation is 1. The van der Waals surface area contributed by atoms with E-state index in [1.807, 2.05) is 13.8 Å². The molecule has 1 aliphatic rings. The fourth-order valence-corrected chi connectivity index (χ4v) is 4.49. The zero-order chi connectivity index (χ0) is 16.6. The van der Waals surface area contributed by atoms with Gasteiger partial charge in [-0.2, -0.15) is 8.42 Å². The van der Waals surface area contributed by atoms with Crippen LogP contribution in [0, 0.1) is 0 Å². The van der Waals surface area contributed by atoms with E-state index in [9.17, 15) is 12.6 Å². The van der Waals surface area contributed by atoms with Crippen molar-refractivity contribution in [2.45, 2.75) is 39.2 Å². The molecule has 1 aromatic carbocycles. The Morgan fingerprint density at radius 2 is 2.00 bits per heavy atom. The summed E-state index contributed by atoms with van der Waals surface area (Å²) in [7, 11) is -7.07. The molecule has 1 aromatic rings. The maximum atomic E-state index is 11.9. The predicted octanol–water partition coefficient (Wildman–Crippen LogP) is 2.53. The molecule has 0 spiro atoms. The molecule has 2 rings (SSSR count). The second kappa shape index (κ2) is 5.73. The molecule has 0 saturated carbocycles. The standard InChI is InChI=1S/C14H21NO5S2/c1-5-21(4,16)15-22(17,18)20-12-7-6-11-8-9-14(2,3)19-13(11)10-12/h6-7,10H,5,8-9H2,1-4H3. The van der Waals surface area contributed by atoms with Crippen LogP contribution in [-0.2, 0) is 26.5 Å². The molecule has 0 bridgehead atoms. The van der Waals surface area contributed by atoms with E-state index >= 15 is 0 Å². The normalized spacial score (nSPS) is 19.5. The summed E-state index contributed by atoms with van der Waals surface area (Å²) in [6, 6.07) is 4.86. The zero-order valence-corrected chi connectivity index (χ0v) is 14.8. The molecule has 0 aliphatic carbocycles. The molecule has 1 heterocycles. The molecule has 8 heteroatoms. The third-order valence-corrected chi connectivity index (χ3v) is 6.87. The van der Waals surface area contributed by atoms with E-state index in [-0.39, 0.29) is 17.1 Å². The van der Waals surface area contributed by atoms with Crippen LogP contribution in [0.4, 0.5) is 0 Å². The van der Waals surface area contributed by atoms with Crippen molar-refractivity contribution < 1.29 is 21.5 Å². The minimum absolute atomic E-state index is 0.103. The maximum Gasteiger partial charge on any atom is 0.436 e. The van der Waals surface area contributed by atoms with Crippen molar-refractivity contribution in [1.29, 1.82) is 0 Å². The highest BCUT2D eigenvalue weighted by Crippen LogP contribution is 2.35. The molecule has 124 valence electrons. The number of rotatable bonds is 4. The fraction of sp³-hybridized carbons (Fsp3) is 0.571. The molecular weight excluding hydrogens is 326 g/mol. The molecule has 0 N–H and O–H groups in total. The Morgan fingerprint density at radius 1 is 1.32 bits per heavy atom. The van der Waals surface area contributed by atoms with Gasteiger partial charge in [0.2, 0.25) is 0 Å². The first-order valence-electron chi connectivity index (χ1n) is 6.99. The van der Waals surface area contributed by atoms with Gasteiger partial charge >= 0.3 is 10.3 Å². The van der Waals surface area contributed by atoms with Crippen LogP contribution >= 0.6 is 0 Å².